The molecule has 0 unspecified atom stereocenters. The Hall–Kier alpha value is -0.666. The molecule has 0 heterocycles. The van der Waals surface area contributed by atoms with E-state index >= 15 is 0 Å². The second-order valence-electron chi connectivity index (χ2n) is 4.88. The Labute approximate surface area is 188 Å². The molecule has 4 rings (SSSR count). The smallest absolute Gasteiger partial charge is 0.508 e. The first-order valence-corrected chi connectivity index (χ1v) is 8.56. The van der Waals surface area contributed by atoms with Crippen molar-refractivity contribution in [2.75, 3.05) is 0 Å². The van der Waals surface area contributed by atoms with Gasteiger partial charge < -0.3 is 10.2 Å². The summed E-state index contributed by atoms with van der Waals surface area (Å²) in [4.78, 5) is 0. The van der Waals surface area contributed by atoms with Gasteiger partial charge in [0.05, 0.1) is 0 Å². The van der Waals surface area contributed by atoms with Gasteiger partial charge in [0, 0.05) is 10.0 Å². The Kier molecular flexibility index (Phi) is 17.0. The number of phenolic OH excluding ortho intramolecular Hbond substituents is 2. The largest absolute Gasteiger partial charge is 2.00 e. The molecule has 2 N–H and O–H groups in total. The third kappa shape index (κ3) is 16.0. The van der Waals surface area contributed by atoms with E-state index in [1.807, 2.05) is 64.2 Å². The van der Waals surface area contributed by atoms with Crippen LogP contribution < -0.4 is 0 Å². The van der Waals surface area contributed by atoms with Gasteiger partial charge in [0.25, 0.3) is 0 Å². The molecule has 2 aromatic carbocycles. The molecule has 0 aliphatic heterocycles. The molecule has 0 aromatic heterocycles. The van der Waals surface area contributed by atoms with Crippen molar-refractivity contribution in [1.82, 2.24) is 0 Å². The van der Waals surface area contributed by atoms with E-state index < -0.39 is 0 Å². The third-order valence-electron chi connectivity index (χ3n) is 2.76. The molecule has 0 spiro atoms. The molecule has 2 fully saturated rings. The van der Waals surface area contributed by atoms with E-state index in [0.29, 0.717) is 10.0 Å². The van der Waals surface area contributed by atoms with E-state index in [4.69, 9.17) is 33.4 Å². The zero-order valence-electron chi connectivity index (χ0n) is 14.5. The molecule has 0 saturated heterocycles. The third-order valence-corrected chi connectivity index (χ3v) is 3.27. The Morgan fingerprint density at radius 1 is 0.407 bits per heavy atom. The van der Waals surface area contributed by atoms with Gasteiger partial charge in [0.2, 0.25) is 0 Å². The van der Waals surface area contributed by atoms with Crippen LogP contribution in [-0.4, -0.2) is 10.2 Å². The first-order chi connectivity index (χ1) is 12.6. The molecule has 0 amide bonds. The maximum atomic E-state index is 8.70. The zero-order valence-corrected chi connectivity index (χ0v) is 17.6. The fourth-order valence-corrected chi connectivity index (χ4v) is 1.78. The summed E-state index contributed by atoms with van der Waals surface area (Å²) in [6, 6.07) is 12.7. The van der Waals surface area contributed by atoms with Crippen molar-refractivity contribution in [2.45, 2.75) is 0 Å². The van der Waals surface area contributed by atoms with Crippen LogP contribution in [-0.2, 0) is 21.7 Å². The average molecular weight is 435 g/mol. The summed E-state index contributed by atoms with van der Waals surface area (Å²) >= 11 is 11.0. The van der Waals surface area contributed by atoms with Gasteiger partial charge in [-0.05, 0) is 113 Å². The number of halogens is 2. The molecule has 136 valence electrons. The molecule has 0 atom stereocenters. The van der Waals surface area contributed by atoms with Crippen molar-refractivity contribution in [3.8, 4) is 11.5 Å². The molecule has 2 saturated carbocycles. The van der Waals surface area contributed by atoms with Gasteiger partial charge in [-0.2, -0.15) is 0 Å². The van der Waals surface area contributed by atoms with Crippen LogP contribution in [0.5, 0.6) is 11.5 Å². The fourth-order valence-electron chi connectivity index (χ4n) is 1.52. The van der Waals surface area contributed by atoms with E-state index in [9.17, 15) is 0 Å². The van der Waals surface area contributed by atoms with Crippen LogP contribution in [0.3, 0.4) is 0 Å². The predicted octanol–water partition coefficient (Wildman–Crippen LogP) is 6.13. The van der Waals surface area contributed by atoms with Gasteiger partial charge in [-0.1, -0.05) is 23.2 Å². The quantitative estimate of drug-likeness (QED) is 0.489. The molecule has 5 heteroatoms. The van der Waals surface area contributed by atoms with Crippen molar-refractivity contribution in [3.05, 3.63) is 123 Å². The van der Waals surface area contributed by atoms with Crippen molar-refractivity contribution in [1.29, 1.82) is 0 Å². The van der Waals surface area contributed by atoms with Crippen molar-refractivity contribution < 1.29 is 31.9 Å². The summed E-state index contributed by atoms with van der Waals surface area (Å²) in [5, 5.41) is 18.7. The van der Waals surface area contributed by atoms with Gasteiger partial charge in [-0.25, -0.2) is 0 Å². The average Bonchev–Trinajstić information content (AvgIpc) is 3.39. The van der Waals surface area contributed by atoms with Crippen LogP contribution in [0.4, 0.5) is 0 Å². The molecule has 27 heavy (non-hydrogen) atoms. The Morgan fingerprint density at radius 3 is 0.741 bits per heavy atom. The number of hydrogen-bond acceptors (Lipinski definition) is 2. The van der Waals surface area contributed by atoms with Crippen molar-refractivity contribution in [3.63, 3.8) is 0 Å². The molecule has 0 bridgehead atoms. The summed E-state index contributed by atoms with van der Waals surface area (Å²) in [7, 11) is 0. The number of hydrogen-bond donors (Lipinski definition) is 2. The summed E-state index contributed by atoms with van der Waals surface area (Å²) < 4.78 is 0. The maximum absolute atomic E-state index is 8.70. The minimum Gasteiger partial charge on any atom is -0.508 e. The molecule has 2 aliphatic rings. The van der Waals surface area contributed by atoms with Crippen molar-refractivity contribution >= 4 is 23.2 Å². The fraction of sp³-hybridized carbons (Fsp3) is 0. The molecular formula is C22H20Cl2O2Ti+2. The Morgan fingerprint density at radius 2 is 0.593 bits per heavy atom. The van der Waals surface area contributed by atoms with Gasteiger partial charge in [-0.3, -0.25) is 0 Å². The van der Waals surface area contributed by atoms with Crippen LogP contribution in [0.25, 0.3) is 0 Å². The first kappa shape index (κ1) is 26.3. The Bertz CT molecular complexity index is 455. The topological polar surface area (TPSA) is 40.5 Å². The maximum Gasteiger partial charge on any atom is 2.00 e. The van der Waals surface area contributed by atoms with E-state index in [2.05, 4.69) is 0 Å². The van der Waals surface area contributed by atoms with Crippen molar-refractivity contribution in [2.24, 2.45) is 0 Å². The minimum atomic E-state index is 0. The van der Waals surface area contributed by atoms with Crippen LogP contribution in [0, 0.1) is 64.2 Å². The van der Waals surface area contributed by atoms with E-state index in [-0.39, 0.29) is 33.2 Å². The molecule has 2 nitrogen and oxygen atoms in total. The second kappa shape index (κ2) is 17.4. The standard InChI is InChI=1S/2C6H5ClO.2C5H5.Ti/c2*7-5-1-3-6(8)4-2-5;2*1-2-4-5-3-1;/h2*1-4,8H;2*1-5H;/q;;;;+2. The van der Waals surface area contributed by atoms with E-state index in [0.717, 1.165) is 0 Å². The van der Waals surface area contributed by atoms with E-state index in [1.165, 1.54) is 0 Å². The summed E-state index contributed by atoms with van der Waals surface area (Å²) in [5.74, 6) is 0.490. The van der Waals surface area contributed by atoms with Crippen LogP contribution in [0.1, 0.15) is 0 Å². The first-order valence-electron chi connectivity index (χ1n) is 7.80. The minimum absolute atomic E-state index is 0. The van der Waals surface area contributed by atoms with E-state index in [1.54, 1.807) is 48.5 Å². The summed E-state index contributed by atoms with van der Waals surface area (Å²) in [5.41, 5.74) is 0. The van der Waals surface area contributed by atoms with Gasteiger partial charge in [-0.15, -0.1) is 0 Å². The SMILES string of the molecule is Oc1ccc(Cl)cc1.Oc1ccc(Cl)cc1.[CH]1[CH][CH][CH][CH]1.[CH]1[CH][CH][CH][CH]1.[Ti+2]. The second-order valence-corrected chi connectivity index (χ2v) is 5.75. The van der Waals surface area contributed by atoms with Crippen LogP contribution in [0.15, 0.2) is 48.5 Å². The Balaban J connectivity index is 0.000000337. The molecule has 10 radical (unpaired) electrons. The number of aromatic hydroxyl groups is 2. The van der Waals surface area contributed by atoms with Crippen LogP contribution in [0.2, 0.25) is 10.0 Å². The molecular weight excluding hydrogens is 415 g/mol. The summed E-state index contributed by atoms with van der Waals surface area (Å²) in [6.45, 7) is 0. The number of rotatable bonds is 0. The molecule has 2 aromatic rings. The monoisotopic (exact) mass is 434 g/mol. The van der Waals surface area contributed by atoms with Crippen LogP contribution >= 0.6 is 23.2 Å². The van der Waals surface area contributed by atoms with Gasteiger partial charge >= 0.3 is 21.7 Å². The number of phenols is 2. The predicted molar refractivity (Wildman–Crippen MR) is 109 cm³/mol. The number of benzene rings is 2. The van der Waals surface area contributed by atoms with Gasteiger partial charge in [0.15, 0.2) is 0 Å². The zero-order chi connectivity index (χ0) is 19.0. The normalized spacial score (nSPS) is 14.3. The summed E-state index contributed by atoms with van der Waals surface area (Å²) in [6.07, 6.45) is 20.0. The van der Waals surface area contributed by atoms with Gasteiger partial charge in [0.1, 0.15) is 11.5 Å². The molecule has 2 aliphatic carbocycles.